The summed E-state index contributed by atoms with van der Waals surface area (Å²) in [5.41, 5.74) is 12.7. The van der Waals surface area contributed by atoms with Gasteiger partial charge in [-0.25, -0.2) is 4.99 Å². The summed E-state index contributed by atoms with van der Waals surface area (Å²) in [5, 5.41) is 2.27. The molecule has 7 aromatic rings. The van der Waals surface area contributed by atoms with Gasteiger partial charge in [0.05, 0.1) is 17.1 Å². The van der Waals surface area contributed by atoms with Crippen LogP contribution in [0.4, 0.5) is 0 Å². The first-order valence-corrected chi connectivity index (χ1v) is 15.6. The Balaban J connectivity index is 1.28. The molecular weight excluding hydrogens is 563 g/mol. The summed E-state index contributed by atoms with van der Waals surface area (Å²) in [6, 6.07) is 50.8. The summed E-state index contributed by atoms with van der Waals surface area (Å²) < 4.78 is 15.8. The molecule has 214 valence electrons. The molecule has 3 aliphatic rings. The van der Waals surface area contributed by atoms with Crippen molar-refractivity contribution >= 4 is 35.5 Å². The highest BCUT2D eigenvalue weighted by Gasteiger charge is 2.41. The molecule has 46 heavy (non-hydrogen) atoms. The Morgan fingerprint density at radius 1 is 0.478 bits per heavy atom. The highest BCUT2D eigenvalue weighted by atomic mass is 16.6. The topological polar surface area (TPSA) is 35.8 Å². The van der Waals surface area contributed by atoms with Crippen molar-refractivity contribution in [3.8, 4) is 45.0 Å². The van der Waals surface area contributed by atoms with Crippen molar-refractivity contribution in [1.82, 2.24) is 4.48 Å². The molecule has 0 aliphatic carbocycles. The standard InChI is InChI=1S/C41H25BN2O2/c1-3-11-26(12-4-1)28-19-21-30-34(23-28)40-32-15-7-9-17-38(32)45-42-44-37(25-36(30)43-40)31-22-20-29(27-13-5-2-6-14-27)24-35(31)41(44)33-16-8-10-18-39(33)46-42/h1-25H/b36-25-. The van der Waals surface area contributed by atoms with Crippen LogP contribution in [-0.4, -0.2) is 17.4 Å². The van der Waals surface area contributed by atoms with Crippen molar-refractivity contribution in [1.29, 1.82) is 0 Å². The van der Waals surface area contributed by atoms with Crippen LogP contribution in [0, 0.1) is 0 Å². The lowest BCUT2D eigenvalue weighted by Crippen LogP contribution is -2.42. The Labute approximate surface area is 266 Å². The number of benzene rings is 6. The Kier molecular flexibility index (Phi) is 5.34. The van der Waals surface area contributed by atoms with E-state index in [2.05, 4.69) is 120 Å². The minimum atomic E-state index is -0.716. The summed E-state index contributed by atoms with van der Waals surface area (Å²) in [6.45, 7) is 0. The summed E-state index contributed by atoms with van der Waals surface area (Å²) >= 11 is 0. The first-order chi connectivity index (χ1) is 22.8. The summed E-state index contributed by atoms with van der Waals surface area (Å²) in [7, 11) is -0.716. The van der Waals surface area contributed by atoms with Gasteiger partial charge < -0.3 is 13.8 Å². The van der Waals surface area contributed by atoms with Crippen molar-refractivity contribution in [3.63, 3.8) is 0 Å². The predicted octanol–water partition coefficient (Wildman–Crippen LogP) is 9.61. The number of nitrogens with zero attached hydrogens (tertiary/aromatic N) is 2. The van der Waals surface area contributed by atoms with Gasteiger partial charge >= 0.3 is 7.25 Å². The van der Waals surface area contributed by atoms with Gasteiger partial charge in [0.1, 0.15) is 11.5 Å². The fourth-order valence-electron chi connectivity index (χ4n) is 7.13. The average Bonchev–Trinajstić information content (AvgIpc) is 3.64. The van der Waals surface area contributed by atoms with E-state index in [1.807, 2.05) is 36.4 Å². The zero-order valence-electron chi connectivity index (χ0n) is 24.7. The van der Waals surface area contributed by atoms with E-state index in [-0.39, 0.29) is 0 Å². The van der Waals surface area contributed by atoms with Gasteiger partial charge in [0, 0.05) is 38.7 Å². The van der Waals surface area contributed by atoms with Gasteiger partial charge in [-0.1, -0.05) is 109 Å². The van der Waals surface area contributed by atoms with E-state index in [1.165, 1.54) is 11.1 Å². The second kappa shape index (κ2) is 9.72. The quantitative estimate of drug-likeness (QED) is 0.189. The maximum Gasteiger partial charge on any atom is 0.743 e. The maximum atomic E-state index is 6.89. The molecule has 4 heterocycles. The molecule has 5 heteroatoms. The third kappa shape index (κ3) is 3.72. The van der Waals surface area contributed by atoms with E-state index in [0.29, 0.717) is 0 Å². The van der Waals surface area contributed by atoms with Gasteiger partial charge in [0.2, 0.25) is 0 Å². The lowest BCUT2D eigenvalue weighted by Gasteiger charge is -2.27. The van der Waals surface area contributed by atoms with E-state index in [0.717, 1.165) is 78.4 Å². The van der Waals surface area contributed by atoms with Crippen molar-refractivity contribution < 1.29 is 9.31 Å². The fraction of sp³-hybridized carbons (Fsp3) is 0. The van der Waals surface area contributed by atoms with Gasteiger partial charge in [0.25, 0.3) is 0 Å². The van der Waals surface area contributed by atoms with Gasteiger partial charge in [-0.2, -0.15) is 0 Å². The maximum absolute atomic E-state index is 6.89. The molecule has 3 aliphatic heterocycles. The highest BCUT2D eigenvalue weighted by Crippen LogP contribution is 2.46. The number of para-hydroxylation sites is 2. The van der Waals surface area contributed by atoms with Gasteiger partial charge in [0.15, 0.2) is 0 Å². The molecular formula is C41H25BN2O2. The largest absolute Gasteiger partial charge is 0.743 e. The van der Waals surface area contributed by atoms with Crippen LogP contribution in [0.15, 0.2) is 151 Å². The van der Waals surface area contributed by atoms with E-state index < -0.39 is 7.25 Å². The third-order valence-corrected chi connectivity index (χ3v) is 9.27. The molecule has 0 amide bonds. The second-order valence-corrected chi connectivity index (χ2v) is 11.9. The molecule has 0 fully saturated rings. The van der Waals surface area contributed by atoms with Crippen LogP contribution >= 0.6 is 0 Å². The summed E-state index contributed by atoms with van der Waals surface area (Å²) in [4.78, 5) is 5.33. The van der Waals surface area contributed by atoms with Crippen LogP contribution < -0.4 is 9.31 Å². The lowest BCUT2D eigenvalue weighted by molar-refractivity contribution is 0.403. The molecule has 4 nitrogen and oxygen atoms in total. The van der Waals surface area contributed by atoms with Crippen molar-refractivity contribution in [2.75, 3.05) is 0 Å². The van der Waals surface area contributed by atoms with E-state index in [1.54, 1.807) is 0 Å². The molecule has 0 unspecified atom stereocenters. The van der Waals surface area contributed by atoms with Gasteiger partial charge in [-0.05, 0) is 64.7 Å². The molecule has 0 saturated carbocycles. The van der Waals surface area contributed by atoms with Crippen LogP contribution in [0.3, 0.4) is 0 Å². The Morgan fingerprint density at radius 3 is 1.83 bits per heavy atom. The van der Waals surface area contributed by atoms with Crippen molar-refractivity contribution in [2.24, 2.45) is 4.99 Å². The van der Waals surface area contributed by atoms with E-state index in [9.17, 15) is 0 Å². The molecule has 0 N–H and O–H groups in total. The number of fused-ring (bicyclic) bond motifs is 11. The highest BCUT2D eigenvalue weighted by molar-refractivity contribution is 6.48. The van der Waals surface area contributed by atoms with Crippen molar-refractivity contribution in [3.05, 3.63) is 168 Å². The molecule has 10 rings (SSSR count). The Hall–Kier alpha value is -6.07. The Morgan fingerprint density at radius 2 is 1.09 bits per heavy atom. The van der Waals surface area contributed by atoms with Gasteiger partial charge in [-0.3, -0.25) is 0 Å². The van der Waals surface area contributed by atoms with Crippen LogP contribution in [0.2, 0.25) is 0 Å². The molecule has 2 bridgehead atoms. The molecule has 1 aromatic heterocycles. The van der Waals surface area contributed by atoms with Gasteiger partial charge in [-0.15, -0.1) is 0 Å². The first-order valence-electron chi connectivity index (χ1n) is 15.6. The number of rotatable bonds is 2. The summed E-state index contributed by atoms with van der Waals surface area (Å²) in [6.07, 6.45) is 2.21. The molecule has 0 saturated heterocycles. The Bertz CT molecular complexity index is 2430. The molecule has 0 radical (unpaired) electrons. The van der Waals surface area contributed by atoms with Crippen LogP contribution in [-0.2, 0) is 0 Å². The molecule has 6 aromatic carbocycles. The van der Waals surface area contributed by atoms with Crippen molar-refractivity contribution in [2.45, 2.75) is 0 Å². The lowest BCUT2D eigenvalue weighted by atomic mass is 9.93. The predicted molar refractivity (Wildman–Crippen MR) is 187 cm³/mol. The minimum absolute atomic E-state index is 0.716. The number of hydrogen-bond acceptors (Lipinski definition) is 3. The molecule has 0 spiro atoms. The third-order valence-electron chi connectivity index (χ3n) is 9.27. The smallest absolute Gasteiger partial charge is 0.506 e. The number of hydrogen-bond donors (Lipinski definition) is 0. The fourth-order valence-corrected chi connectivity index (χ4v) is 7.13. The summed E-state index contributed by atoms with van der Waals surface area (Å²) in [5.74, 6) is 1.53. The minimum Gasteiger partial charge on any atom is -0.506 e. The van der Waals surface area contributed by atoms with E-state index >= 15 is 0 Å². The zero-order valence-corrected chi connectivity index (χ0v) is 24.7. The SMILES string of the molecule is C1=C2\N=C(c3ccccc3OB3Oc4ccccc4-c4c5cc(-c6ccccc6)ccc5c/1n43)c1cc(-c3ccccc3)ccc12. The zero-order chi connectivity index (χ0) is 30.2. The normalized spacial score (nSPS) is 14.9. The average molecular weight is 588 g/mol. The van der Waals surface area contributed by atoms with Crippen LogP contribution in [0.25, 0.3) is 56.1 Å². The van der Waals surface area contributed by atoms with Crippen LogP contribution in [0.1, 0.15) is 22.4 Å². The number of aliphatic imine (C=N–C) groups is 1. The second-order valence-electron chi connectivity index (χ2n) is 11.9. The van der Waals surface area contributed by atoms with E-state index in [4.69, 9.17) is 14.3 Å². The first kappa shape index (κ1) is 25.3. The van der Waals surface area contributed by atoms with Crippen LogP contribution in [0.5, 0.6) is 11.5 Å². The number of aromatic nitrogens is 1. The molecule has 0 atom stereocenters. The monoisotopic (exact) mass is 588 g/mol.